The third-order valence-corrected chi connectivity index (χ3v) is 4.70. The van der Waals surface area contributed by atoms with Crippen LogP contribution in [0.5, 0.6) is 0 Å². The molecule has 1 aliphatic rings. The van der Waals surface area contributed by atoms with Crippen molar-refractivity contribution in [3.05, 3.63) is 16.0 Å². The molecule has 0 unspecified atom stereocenters. The maximum Gasteiger partial charge on any atom is 0.309 e. The van der Waals surface area contributed by atoms with Crippen molar-refractivity contribution in [3.8, 4) is 6.07 Å². The quantitative estimate of drug-likeness (QED) is 0.490. The number of fused-ring (bicyclic) bond motifs is 1. The number of rotatable bonds is 6. The van der Waals surface area contributed by atoms with Gasteiger partial charge in [-0.15, -0.1) is 11.3 Å². The summed E-state index contributed by atoms with van der Waals surface area (Å²) in [7, 11) is 1.48. The number of nitrogens with one attached hydrogen (secondary N) is 3. The highest BCUT2D eigenvalue weighted by molar-refractivity contribution is 7.16. The van der Waals surface area contributed by atoms with E-state index < -0.39 is 17.7 Å². The van der Waals surface area contributed by atoms with Crippen LogP contribution in [0.25, 0.3) is 0 Å². The number of nitriles is 1. The van der Waals surface area contributed by atoms with E-state index in [-0.39, 0.29) is 13.1 Å². The molecule has 0 aromatic carbocycles. The number of ether oxygens (including phenoxy) is 1. The molecule has 1 aromatic heterocycles. The minimum atomic E-state index is -0.893. The number of anilines is 1. The molecule has 0 aliphatic heterocycles. The normalized spacial score (nSPS) is 12.2. The smallest absolute Gasteiger partial charge is 0.309 e. The van der Waals surface area contributed by atoms with E-state index in [0.717, 1.165) is 29.7 Å². The second-order valence-electron chi connectivity index (χ2n) is 5.15. The third-order valence-electron chi connectivity index (χ3n) is 3.49. The van der Waals surface area contributed by atoms with Crippen LogP contribution in [-0.4, -0.2) is 44.5 Å². The van der Waals surface area contributed by atoms with Gasteiger partial charge >= 0.3 is 11.8 Å². The molecule has 0 radical (unpaired) electrons. The Labute approximate surface area is 143 Å². The van der Waals surface area contributed by atoms with Gasteiger partial charge in [-0.05, 0) is 24.8 Å². The first kappa shape index (κ1) is 17.9. The molecule has 0 bridgehead atoms. The summed E-state index contributed by atoms with van der Waals surface area (Å²) >= 11 is 1.40. The third kappa shape index (κ3) is 4.31. The van der Waals surface area contributed by atoms with E-state index in [9.17, 15) is 19.6 Å². The molecule has 24 heavy (non-hydrogen) atoms. The highest BCUT2D eigenvalue weighted by atomic mass is 32.1. The van der Waals surface area contributed by atoms with Crippen LogP contribution in [0.3, 0.4) is 0 Å². The SMILES string of the molecule is COCCNC(=O)C(=O)NCC(=O)Nc1sc2c(c1C#N)CCC2. The van der Waals surface area contributed by atoms with Crippen LogP contribution in [0.2, 0.25) is 0 Å². The van der Waals surface area contributed by atoms with Gasteiger partial charge in [0.25, 0.3) is 0 Å². The van der Waals surface area contributed by atoms with Crippen molar-refractivity contribution < 1.29 is 19.1 Å². The van der Waals surface area contributed by atoms with E-state index >= 15 is 0 Å². The Bertz CT molecular complexity index is 692. The van der Waals surface area contributed by atoms with Crippen molar-refractivity contribution >= 4 is 34.1 Å². The van der Waals surface area contributed by atoms with Gasteiger partial charge in [0, 0.05) is 18.5 Å². The van der Waals surface area contributed by atoms with Crippen LogP contribution in [0.1, 0.15) is 22.4 Å². The average Bonchev–Trinajstić information content (AvgIpc) is 3.13. The first-order valence-electron chi connectivity index (χ1n) is 7.46. The molecule has 1 aromatic rings. The predicted molar refractivity (Wildman–Crippen MR) is 87.6 cm³/mol. The van der Waals surface area contributed by atoms with Crippen LogP contribution >= 0.6 is 11.3 Å². The maximum absolute atomic E-state index is 11.9. The number of hydrogen-bond acceptors (Lipinski definition) is 6. The van der Waals surface area contributed by atoms with Gasteiger partial charge in [-0.1, -0.05) is 0 Å². The van der Waals surface area contributed by atoms with Crippen LogP contribution in [-0.2, 0) is 32.0 Å². The van der Waals surface area contributed by atoms with Gasteiger partial charge < -0.3 is 20.7 Å². The van der Waals surface area contributed by atoms with Gasteiger partial charge in [0.05, 0.1) is 18.7 Å². The van der Waals surface area contributed by atoms with Crippen molar-refractivity contribution in [2.45, 2.75) is 19.3 Å². The zero-order valence-corrected chi connectivity index (χ0v) is 14.0. The van der Waals surface area contributed by atoms with Crippen LogP contribution in [0.15, 0.2) is 0 Å². The van der Waals surface area contributed by atoms with E-state index in [1.165, 1.54) is 18.4 Å². The van der Waals surface area contributed by atoms with E-state index in [2.05, 4.69) is 22.0 Å². The number of carbonyl (C=O) groups is 3. The fourth-order valence-electron chi connectivity index (χ4n) is 2.37. The monoisotopic (exact) mass is 350 g/mol. The van der Waals surface area contributed by atoms with Gasteiger partial charge in [-0.25, -0.2) is 0 Å². The van der Waals surface area contributed by atoms with Crippen molar-refractivity contribution in [3.63, 3.8) is 0 Å². The van der Waals surface area contributed by atoms with E-state index in [1.54, 1.807) is 0 Å². The molecule has 3 amide bonds. The number of methoxy groups -OCH3 is 1. The summed E-state index contributed by atoms with van der Waals surface area (Å²) in [5.74, 6) is -2.20. The Morgan fingerprint density at radius 3 is 2.71 bits per heavy atom. The molecule has 0 saturated carbocycles. The molecule has 8 nitrogen and oxygen atoms in total. The van der Waals surface area contributed by atoms with E-state index in [4.69, 9.17) is 4.74 Å². The Morgan fingerprint density at radius 2 is 2.00 bits per heavy atom. The molecular weight excluding hydrogens is 332 g/mol. The summed E-state index contributed by atoms with van der Waals surface area (Å²) in [4.78, 5) is 36.0. The van der Waals surface area contributed by atoms with Crippen molar-refractivity contribution in [1.29, 1.82) is 5.26 Å². The Balaban J connectivity index is 1.83. The lowest BCUT2D eigenvalue weighted by Crippen LogP contribution is -2.43. The van der Waals surface area contributed by atoms with Gasteiger partial charge in [-0.3, -0.25) is 14.4 Å². The van der Waals surface area contributed by atoms with Crippen LogP contribution in [0.4, 0.5) is 5.00 Å². The molecule has 3 N–H and O–H groups in total. The summed E-state index contributed by atoms with van der Waals surface area (Å²) in [6, 6.07) is 2.13. The lowest BCUT2D eigenvalue weighted by atomic mass is 10.1. The van der Waals surface area contributed by atoms with E-state index in [0.29, 0.717) is 17.2 Å². The molecule has 0 fully saturated rings. The molecule has 2 rings (SSSR count). The van der Waals surface area contributed by atoms with Gasteiger partial charge in [0.2, 0.25) is 5.91 Å². The molecule has 1 aliphatic carbocycles. The maximum atomic E-state index is 11.9. The van der Waals surface area contributed by atoms with Crippen LogP contribution in [0, 0.1) is 11.3 Å². The van der Waals surface area contributed by atoms with Gasteiger partial charge in [-0.2, -0.15) is 5.26 Å². The standard InChI is InChI=1S/C15H18N4O4S/c1-23-6-5-17-13(21)14(22)18-8-12(20)19-15-10(7-16)9-3-2-4-11(9)24-15/h2-6,8H2,1H3,(H,17,21)(H,18,22)(H,19,20). The number of amides is 3. The number of aryl methyl sites for hydroxylation is 1. The lowest BCUT2D eigenvalue weighted by molar-refractivity contribution is -0.139. The summed E-state index contributed by atoms with van der Waals surface area (Å²) in [6.07, 6.45) is 2.80. The number of carbonyl (C=O) groups excluding carboxylic acids is 3. The summed E-state index contributed by atoms with van der Waals surface area (Å²) in [6.45, 7) is 0.157. The molecule has 0 saturated heterocycles. The second-order valence-corrected chi connectivity index (χ2v) is 6.26. The Hall–Kier alpha value is -2.44. The Kier molecular flexibility index (Phi) is 6.28. The van der Waals surface area contributed by atoms with Gasteiger partial charge in [0.1, 0.15) is 11.1 Å². The number of nitrogens with zero attached hydrogens (tertiary/aromatic N) is 1. The molecule has 128 valence electrons. The lowest BCUT2D eigenvalue weighted by Gasteiger charge is -2.07. The minimum absolute atomic E-state index is 0.210. The number of thiophene rings is 1. The second kappa shape index (κ2) is 8.42. The first-order valence-corrected chi connectivity index (χ1v) is 8.28. The first-order chi connectivity index (χ1) is 11.6. The summed E-state index contributed by atoms with van der Waals surface area (Å²) in [5, 5.41) is 17.0. The molecule has 9 heteroatoms. The highest BCUT2D eigenvalue weighted by Gasteiger charge is 2.23. The number of hydrogen-bond donors (Lipinski definition) is 3. The topological polar surface area (TPSA) is 120 Å². The highest BCUT2D eigenvalue weighted by Crippen LogP contribution is 2.38. The molecule has 0 atom stereocenters. The summed E-state index contributed by atoms with van der Waals surface area (Å²) in [5.41, 5.74) is 1.52. The van der Waals surface area contributed by atoms with Crippen molar-refractivity contribution in [2.24, 2.45) is 0 Å². The van der Waals surface area contributed by atoms with Crippen LogP contribution < -0.4 is 16.0 Å². The van der Waals surface area contributed by atoms with Crippen molar-refractivity contribution in [2.75, 3.05) is 32.1 Å². The zero-order chi connectivity index (χ0) is 17.5. The predicted octanol–water partition coefficient (Wildman–Crippen LogP) is -0.0742. The minimum Gasteiger partial charge on any atom is -0.383 e. The Morgan fingerprint density at radius 1 is 1.25 bits per heavy atom. The van der Waals surface area contributed by atoms with E-state index in [1.807, 2.05) is 0 Å². The fourth-order valence-corrected chi connectivity index (χ4v) is 3.63. The zero-order valence-electron chi connectivity index (χ0n) is 13.2. The fraction of sp³-hybridized carbons (Fsp3) is 0.467. The molecular formula is C15H18N4O4S. The largest absolute Gasteiger partial charge is 0.383 e. The average molecular weight is 350 g/mol. The van der Waals surface area contributed by atoms with Gasteiger partial charge in [0.15, 0.2) is 0 Å². The molecule has 0 spiro atoms. The molecule has 1 heterocycles. The summed E-state index contributed by atoms with van der Waals surface area (Å²) < 4.78 is 4.75. The van der Waals surface area contributed by atoms with Crippen molar-refractivity contribution in [1.82, 2.24) is 10.6 Å².